The van der Waals surface area contributed by atoms with Crippen molar-refractivity contribution in [1.82, 2.24) is 4.98 Å². The Labute approximate surface area is 127 Å². The Hall–Kier alpha value is -2.82. The van der Waals surface area contributed by atoms with E-state index in [9.17, 15) is 0 Å². The van der Waals surface area contributed by atoms with Gasteiger partial charge in [-0.05, 0) is 25.1 Å². The summed E-state index contributed by atoms with van der Waals surface area (Å²) in [6.45, 7) is 3.15. The average molecular weight is 293 g/mol. The molecule has 22 heavy (non-hydrogen) atoms. The number of aromatic nitrogens is 1. The lowest BCUT2D eigenvalue weighted by Gasteiger charge is -2.17. The van der Waals surface area contributed by atoms with Crippen molar-refractivity contribution >= 4 is 22.3 Å². The fraction of sp³-hybridized carbons (Fsp3) is 0.176. The van der Waals surface area contributed by atoms with E-state index >= 15 is 0 Å². The van der Waals surface area contributed by atoms with Gasteiger partial charge in [-0.1, -0.05) is 18.2 Å². The maximum Gasteiger partial charge on any atom is 0.163 e. The molecule has 2 aromatic carbocycles. The lowest BCUT2D eigenvalue weighted by molar-refractivity contribution is 0.171. The van der Waals surface area contributed by atoms with E-state index in [1.165, 1.54) is 0 Å². The number of fused-ring (bicyclic) bond motifs is 2. The maximum atomic E-state index is 5.56. The molecular formula is C17H15N3O2. The summed E-state index contributed by atoms with van der Waals surface area (Å²) in [5, 5.41) is 9.82. The van der Waals surface area contributed by atoms with Gasteiger partial charge in [-0.3, -0.25) is 0 Å². The van der Waals surface area contributed by atoms with Crippen LogP contribution in [-0.4, -0.2) is 18.2 Å². The minimum atomic E-state index is 0.565. The van der Waals surface area contributed by atoms with Gasteiger partial charge in [0, 0.05) is 22.7 Å². The quantitative estimate of drug-likeness (QED) is 0.698. The number of ether oxygens (including phenoxy) is 2. The van der Waals surface area contributed by atoms with E-state index < -0.39 is 0 Å². The summed E-state index contributed by atoms with van der Waals surface area (Å²) in [5.74, 6) is 1.48. The van der Waals surface area contributed by atoms with Crippen LogP contribution < -0.4 is 9.47 Å². The van der Waals surface area contributed by atoms with Crippen molar-refractivity contribution in [3.63, 3.8) is 0 Å². The zero-order valence-corrected chi connectivity index (χ0v) is 12.2. The van der Waals surface area contributed by atoms with E-state index in [0.717, 1.165) is 39.5 Å². The smallest absolute Gasteiger partial charge is 0.163 e. The van der Waals surface area contributed by atoms with Crippen molar-refractivity contribution in [3.05, 3.63) is 48.2 Å². The Balaban J connectivity index is 1.70. The van der Waals surface area contributed by atoms with Crippen LogP contribution in [0.5, 0.6) is 11.5 Å². The normalized spacial score (nSPS) is 13.9. The molecule has 110 valence electrons. The fourth-order valence-corrected chi connectivity index (χ4v) is 2.59. The molecule has 0 unspecified atom stereocenters. The monoisotopic (exact) mass is 293 g/mol. The summed E-state index contributed by atoms with van der Waals surface area (Å²) < 4.78 is 11.1. The summed E-state index contributed by atoms with van der Waals surface area (Å²) in [5.41, 5.74) is 3.68. The molecule has 4 rings (SSSR count). The maximum absolute atomic E-state index is 5.56. The van der Waals surface area contributed by atoms with E-state index in [4.69, 9.17) is 9.47 Å². The molecule has 1 aliphatic rings. The molecule has 0 bridgehead atoms. The van der Waals surface area contributed by atoms with Gasteiger partial charge in [0.1, 0.15) is 18.9 Å². The highest BCUT2D eigenvalue weighted by atomic mass is 16.6. The lowest BCUT2D eigenvalue weighted by Crippen LogP contribution is -2.14. The molecule has 1 N–H and O–H groups in total. The second-order valence-electron chi connectivity index (χ2n) is 5.17. The minimum absolute atomic E-state index is 0.565. The van der Waals surface area contributed by atoms with Gasteiger partial charge in [-0.25, -0.2) is 0 Å². The van der Waals surface area contributed by atoms with Crippen LogP contribution in [0.4, 0.5) is 11.4 Å². The zero-order valence-electron chi connectivity index (χ0n) is 12.2. The molecule has 0 fully saturated rings. The topological polar surface area (TPSA) is 59.0 Å². The third kappa shape index (κ3) is 2.20. The molecule has 0 saturated heterocycles. The van der Waals surface area contributed by atoms with Crippen molar-refractivity contribution in [1.29, 1.82) is 0 Å². The van der Waals surface area contributed by atoms with E-state index in [0.29, 0.717) is 13.2 Å². The second kappa shape index (κ2) is 5.18. The van der Waals surface area contributed by atoms with Gasteiger partial charge in [0.25, 0.3) is 0 Å². The van der Waals surface area contributed by atoms with Gasteiger partial charge in [-0.15, -0.1) is 5.11 Å². The van der Waals surface area contributed by atoms with Crippen LogP contribution in [0.3, 0.4) is 0 Å². The number of nitrogens with zero attached hydrogens (tertiary/aromatic N) is 2. The molecule has 1 aliphatic heterocycles. The predicted molar refractivity (Wildman–Crippen MR) is 84.6 cm³/mol. The predicted octanol–water partition coefficient (Wildman–Crippen LogP) is 4.66. The van der Waals surface area contributed by atoms with Crippen LogP contribution >= 0.6 is 0 Å². The molecule has 0 radical (unpaired) electrons. The Morgan fingerprint density at radius 2 is 1.77 bits per heavy atom. The Bertz CT molecular complexity index is 867. The van der Waals surface area contributed by atoms with Crippen LogP contribution in [0.2, 0.25) is 0 Å². The van der Waals surface area contributed by atoms with Gasteiger partial charge in [-0.2, -0.15) is 5.11 Å². The largest absolute Gasteiger partial charge is 0.486 e. The van der Waals surface area contributed by atoms with Crippen molar-refractivity contribution in [2.24, 2.45) is 10.2 Å². The van der Waals surface area contributed by atoms with E-state index in [2.05, 4.69) is 15.2 Å². The Kier molecular flexibility index (Phi) is 3.04. The summed E-state index contributed by atoms with van der Waals surface area (Å²) >= 11 is 0. The minimum Gasteiger partial charge on any atom is -0.486 e. The molecular weight excluding hydrogens is 278 g/mol. The number of benzene rings is 2. The highest BCUT2D eigenvalue weighted by Crippen LogP contribution is 2.35. The number of H-pyrrole nitrogens is 1. The van der Waals surface area contributed by atoms with Gasteiger partial charge < -0.3 is 14.5 Å². The number of hydrogen-bond acceptors (Lipinski definition) is 4. The van der Waals surface area contributed by atoms with Crippen molar-refractivity contribution in [2.75, 3.05) is 13.2 Å². The highest BCUT2D eigenvalue weighted by Gasteiger charge is 2.12. The van der Waals surface area contributed by atoms with Crippen molar-refractivity contribution < 1.29 is 9.47 Å². The van der Waals surface area contributed by atoms with Gasteiger partial charge in [0.2, 0.25) is 0 Å². The molecule has 0 saturated carbocycles. The zero-order chi connectivity index (χ0) is 14.9. The van der Waals surface area contributed by atoms with Crippen LogP contribution in [0.1, 0.15) is 5.69 Å². The third-order valence-electron chi connectivity index (χ3n) is 3.65. The van der Waals surface area contributed by atoms with Gasteiger partial charge in [0.05, 0.1) is 5.69 Å². The molecule has 5 heteroatoms. The molecule has 1 aromatic heterocycles. The third-order valence-corrected chi connectivity index (χ3v) is 3.65. The van der Waals surface area contributed by atoms with Crippen LogP contribution in [0.15, 0.2) is 52.7 Å². The number of aromatic amines is 1. The van der Waals surface area contributed by atoms with Gasteiger partial charge >= 0.3 is 0 Å². The SMILES string of the molecule is Cc1[nH]c2ccccc2c1N=Nc1ccc2c(c1)OCCO2. The lowest BCUT2D eigenvalue weighted by atomic mass is 10.2. The Morgan fingerprint density at radius 1 is 0.955 bits per heavy atom. The van der Waals surface area contributed by atoms with Crippen LogP contribution in [-0.2, 0) is 0 Å². The molecule has 0 atom stereocenters. The molecule has 0 spiro atoms. The van der Waals surface area contributed by atoms with Crippen LogP contribution in [0.25, 0.3) is 10.9 Å². The number of para-hydroxylation sites is 1. The average Bonchev–Trinajstić information content (AvgIpc) is 2.88. The number of rotatable bonds is 2. The summed E-state index contributed by atoms with van der Waals surface area (Å²) in [4.78, 5) is 3.31. The van der Waals surface area contributed by atoms with E-state index in [1.54, 1.807) is 0 Å². The van der Waals surface area contributed by atoms with E-state index in [-0.39, 0.29) is 0 Å². The first kappa shape index (κ1) is 12.9. The summed E-state index contributed by atoms with van der Waals surface area (Å²) in [6, 6.07) is 13.7. The Morgan fingerprint density at radius 3 is 2.68 bits per heavy atom. The summed E-state index contributed by atoms with van der Waals surface area (Å²) in [6.07, 6.45) is 0. The number of aryl methyl sites for hydroxylation is 1. The van der Waals surface area contributed by atoms with Crippen molar-refractivity contribution in [3.8, 4) is 11.5 Å². The first-order chi connectivity index (χ1) is 10.8. The molecule has 5 nitrogen and oxygen atoms in total. The van der Waals surface area contributed by atoms with Crippen LogP contribution in [0, 0.1) is 6.92 Å². The molecule has 2 heterocycles. The van der Waals surface area contributed by atoms with Gasteiger partial charge in [0.15, 0.2) is 11.5 Å². The molecule has 3 aromatic rings. The number of hydrogen-bond donors (Lipinski definition) is 1. The first-order valence-corrected chi connectivity index (χ1v) is 7.20. The molecule has 0 amide bonds. The number of nitrogens with one attached hydrogen (secondary N) is 1. The van der Waals surface area contributed by atoms with Crippen molar-refractivity contribution in [2.45, 2.75) is 6.92 Å². The first-order valence-electron chi connectivity index (χ1n) is 7.20. The molecule has 0 aliphatic carbocycles. The fourth-order valence-electron chi connectivity index (χ4n) is 2.59. The highest BCUT2D eigenvalue weighted by molar-refractivity contribution is 5.92. The standard InChI is InChI=1S/C17H15N3O2/c1-11-17(13-4-2-3-5-14(13)18-11)20-19-12-6-7-15-16(10-12)22-9-8-21-15/h2-7,10,18H,8-9H2,1H3. The van der Waals surface area contributed by atoms with E-state index in [1.807, 2.05) is 49.4 Å². The number of azo groups is 1. The second-order valence-corrected chi connectivity index (χ2v) is 5.17. The summed E-state index contributed by atoms with van der Waals surface area (Å²) in [7, 11) is 0.